The van der Waals surface area contributed by atoms with Gasteiger partial charge in [0.25, 0.3) is 0 Å². The van der Waals surface area contributed by atoms with E-state index in [0.717, 1.165) is 35.5 Å². The molecule has 0 heterocycles. The predicted octanol–water partition coefficient (Wildman–Crippen LogP) is 5.38. The molecule has 0 aliphatic heterocycles. The van der Waals surface area contributed by atoms with Crippen LogP contribution >= 0.6 is 0 Å². The standard InChI is InChI=1S/C16H32/c1-7-14(8-2)10-11(4)12(5)16-13(6)15(16)9-3/h11-16H,7-10H2,1-6H3. The van der Waals surface area contributed by atoms with E-state index < -0.39 is 0 Å². The first-order chi connectivity index (χ1) is 7.56. The van der Waals surface area contributed by atoms with Gasteiger partial charge in [0.15, 0.2) is 0 Å². The second-order valence-corrected chi connectivity index (χ2v) is 6.26. The van der Waals surface area contributed by atoms with Crippen LogP contribution in [0.15, 0.2) is 0 Å². The fourth-order valence-electron chi connectivity index (χ4n) is 3.83. The fourth-order valence-corrected chi connectivity index (χ4v) is 3.83. The molecule has 1 saturated carbocycles. The molecule has 0 nitrogen and oxygen atoms in total. The van der Waals surface area contributed by atoms with Gasteiger partial charge in [-0.05, 0) is 41.9 Å². The quantitative estimate of drug-likeness (QED) is 0.545. The number of hydrogen-bond acceptors (Lipinski definition) is 0. The van der Waals surface area contributed by atoms with E-state index in [1.807, 2.05) is 0 Å². The second-order valence-electron chi connectivity index (χ2n) is 6.26. The third-order valence-electron chi connectivity index (χ3n) is 5.47. The van der Waals surface area contributed by atoms with Crippen LogP contribution in [0.5, 0.6) is 0 Å². The Bertz CT molecular complexity index is 192. The zero-order valence-corrected chi connectivity index (χ0v) is 12.3. The van der Waals surface area contributed by atoms with Gasteiger partial charge >= 0.3 is 0 Å². The topological polar surface area (TPSA) is 0 Å². The minimum atomic E-state index is 0.925. The van der Waals surface area contributed by atoms with Crippen molar-refractivity contribution in [2.24, 2.45) is 35.5 Å². The average Bonchev–Trinajstić information content (AvgIpc) is 2.95. The minimum absolute atomic E-state index is 0.925. The zero-order chi connectivity index (χ0) is 12.3. The van der Waals surface area contributed by atoms with Crippen molar-refractivity contribution in [1.82, 2.24) is 0 Å². The Hall–Kier alpha value is 0. The van der Waals surface area contributed by atoms with Crippen LogP contribution in [0, 0.1) is 35.5 Å². The summed E-state index contributed by atoms with van der Waals surface area (Å²) in [6, 6.07) is 0. The van der Waals surface area contributed by atoms with Crippen LogP contribution < -0.4 is 0 Å². The Labute approximate surface area is 103 Å². The lowest BCUT2D eigenvalue weighted by Gasteiger charge is -2.24. The molecule has 16 heavy (non-hydrogen) atoms. The molecule has 0 aromatic rings. The number of hydrogen-bond donors (Lipinski definition) is 0. The first-order valence-electron chi connectivity index (χ1n) is 7.56. The van der Waals surface area contributed by atoms with E-state index in [1.165, 1.54) is 25.7 Å². The highest BCUT2D eigenvalue weighted by atomic mass is 14.5. The lowest BCUT2D eigenvalue weighted by molar-refractivity contribution is 0.257. The Morgan fingerprint density at radius 2 is 1.56 bits per heavy atom. The highest BCUT2D eigenvalue weighted by molar-refractivity contribution is 4.97. The molecule has 1 rings (SSSR count). The second kappa shape index (κ2) is 6.07. The molecule has 0 bridgehead atoms. The van der Waals surface area contributed by atoms with E-state index in [4.69, 9.17) is 0 Å². The summed E-state index contributed by atoms with van der Waals surface area (Å²) in [5.74, 6) is 5.92. The van der Waals surface area contributed by atoms with Gasteiger partial charge in [0, 0.05) is 0 Å². The monoisotopic (exact) mass is 224 g/mol. The predicted molar refractivity (Wildman–Crippen MR) is 73.5 cm³/mol. The molecule has 0 radical (unpaired) electrons. The summed E-state index contributed by atoms with van der Waals surface area (Å²) in [4.78, 5) is 0. The smallest absolute Gasteiger partial charge is 0.0326 e. The normalized spacial score (nSPS) is 32.8. The van der Waals surface area contributed by atoms with E-state index >= 15 is 0 Å². The molecule has 5 unspecified atom stereocenters. The third kappa shape index (κ3) is 3.02. The molecule has 0 saturated heterocycles. The van der Waals surface area contributed by atoms with Gasteiger partial charge in [0.05, 0.1) is 0 Å². The summed E-state index contributed by atoms with van der Waals surface area (Å²) >= 11 is 0. The lowest BCUT2D eigenvalue weighted by Crippen LogP contribution is -2.15. The first kappa shape index (κ1) is 14.1. The molecule has 0 aromatic carbocycles. The van der Waals surface area contributed by atoms with Gasteiger partial charge in [0.1, 0.15) is 0 Å². The van der Waals surface area contributed by atoms with Crippen LogP contribution in [0.1, 0.15) is 67.2 Å². The molecule has 5 atom stereocenters. The van der Waals surface area contributed by atoms with Gasteiger partial charge in [0.2, 0.25) is 0 Å². The van der Waals surface area contributed by atoms with Gasteiger partial charge in [-0.2, -0.15) is 0 Å². The van der Waals surface area contributed by atoms with Crippen LogP contribution in [-0.2, 0) is 0 Å². The lowest BCUT2D eigenvalue weighted by atomic mass is 9.81. The summed E-state index contributed by atoms with van der Waals surface area (Å²) in [5.41, 5.74) is 0. The zero-order valence-electron chi connectivity index (χ0n) is 12.3. The summed E-state index contributed by atoms with van der Waals surface area (Å²) in [7, 11) is 0. The average molecular weight is 224 g/mol. The molecule has 0 aromatic heterocycles. The van der Waals surface area contributed by atoms with Gasteiger partial charge in [-0.15, -0.1) is 0 Å². The van der Waals surface area contributed by atoms with Gasteiger partial charge < -0.3 is 0 Å². The van der Waals surface area contributed by atoms with Crippen molar-refractivity contribution < 1.29 is 0 Å². The van der Waals surface area contributed by atoms with Crippen molar-refractivity contribution in [1.29, 1.82) is 0 Å². The summed E-state index contributed by atoms with van der Waals surface area (Å²) in [5, 5.41) is 0. The van der Waals surface area contributed by atoms with Gasteiger partial charge in [-0.1, -0.05) is 60.8 Å². The third-order valence-corrected chi connectivity index (χ3v) is 5.47. The number of rotatable bonds is 7. The van der Waals surface area contributed by atoms with Crippen LogP contribution in [0.3, 0.4) is 0 Å². The molecule has 0 heteroatoms. The maximum atomic E-state index is 2.50. The molecule has 1 aliphatic rings. The van der Waals surface area contributed by atoms with Crippen molar-refractivity contribution in [3.05, 3.63) is 0 Å². The summed E-state index contributed by atoms with van der Waals surface area (Å²) in [6.45, 7) is 14.5. The van der Waals surface area contributed by atoms with Gasteiger partial charge in [-0.3, -0.25) is 0 Å². The van der Waals surface area contributed by atoms with E-state index in [-0.39, 0.29) is 0 Å². The Morgan fingerprint density at radius 1 is 1.00 bits per heavy atom. The molecule has 0 amide bonds. The van der Waals surface area contributed by atoms with Crippen molar-refractivity contribution >= 4 is 0 Å². The molecular weight excluding hydrogens is 192 g/mol. The minimum Gasteiger partial charge on any atom is -0.0651 e. The van der Waals surface area contributed by atoms with E-state index in [1.54, 1.807) is 0 Å². The highest BCUT2D eigenvalue weighted by Gasteiger charge is 2.48. The first-order valence-corrected chi connectivity index (χ1v) is 7.56. The Balaban J connectivity index is 2.39. The fraction of sp³-hybridized carbons (Fsp3) is 1.00. The van der Waals surface area contributed by atoms with Crippen molar-refractivity contribution in [2.45, 2.75) is 67.2 Å². The largest absolute Gasteiger partial charge is 0.0651 e. The summed E-state index contributed by atoms with van der Waals surface area (Å²) in [6.07, 6.45) is 5.58. The SMILES string of the molecule is CCC(CC)CC(C)C(C)C1C(C)C1CC. The maximum absolute atomic E-state index is 2.50. The Kier molecular flexibility index (Phi) is 5.34. The van der Waals surface area contributed by atoms with Crippen molar-refractivity contribution in [2.75, 3.05) is 0 Å². The van der Waals surface area contributed by atoms with Crippen LogP contribution in [0.2, 0.25) is 0 Å². The maximum Gasteiger partial charge on any atom is -0.0326 e. The van der Waals surface area contributed by atoms with Crippen LogP contribution in [0.4, 0.5) is 0 Å². The van der Waals surface area contributed by atoms with Crippen molar-refractivity contribution in [3.8, 4) is 0 Å². The van der Waals surface area contributed by atoms with Gasteiger partial charge in [-0.25, -0.2) is 0 Å². The van der Waals surface area contributed by atoms with Crippen LogP contribution in [0.25, 0.3) is 0 Å². The molecule has 0 N–H and O–H groups in total. The van der Waals surface area contributed by atoms with Crippen molar-refractivity contribution in [3.63, 3.8) is 0 Å². The van der Waals surface area contributed by atoms with E-state index in [0.29, 0.717) is 0 Å². The molecule has 1 fully saturated rings. The molecule has 1 aliphatic carbocycles. The van der Waals surface area contributed by atoms with E-state index in [2.05, 4.69) is 41.5 Å². The summed E-state index contributed by atoms with van der Waals surface area (Å²) < 4.78 is 0. The van der Waals surface area contributed by atoms with Crippen LogP contribution in [-0.4, -0.2) is 0 Å². The molecular formula is C16H32. The van der Waals surface area contributed by atoms with E-state index in [9.17, 15) is 0 Å². The highest BCUT2D eigenvalue weighted by Crippen LogP contribution is 2.54. The Morgan fingerprint density at radius 3 is 1.94 bits per heavy atom. The molecule has 96 valence electrons. The molecule has 0 spiro atoms.